The van der Waals surface area contributed by atoms with E-state index in [4.69, 9.17) is 0 Å². The van der Waals surface area contributed by atoms with E-state index in [9.17, 15) is 13.6 Å². The van der Waals surface area contributed by atoms with Gasteiger partial charge in [0.05, 0.1) is 5.69 Å². The molecule has 0 fully saturated rings. The van der Waals surface area contributed by atoms with Gasteiger partial charge in [-0.15, -0.1) is 0 Å². The number of hydrogen-bond donors (Lipinski definition) is 0. The van der Waals surface area contributed by atoms with Crippen molar-refractivity contribution < 1.29 is 13.6 Å². The average molecular weight is 389 g/mol. The summed E-state index contributed by atoms with van der Waals surface area (Å²) in [6, 6.07) is 20.1. The summed E-state index contributed by atoms with van der Waals surface area (Å²) in [6.07, 6.45) is 4.25. The molecule has 0 aromatic heterocycles. The van der Waals surface area contributed by atoms with E-state index in [1.807, 2.05) is 0 Å². The fraction of sp³-hybridized carbons (Fsp3) is 0.120. The number of ketones is 1. The molecule has 0 atom stereocenters. The summed E-state index contributed by atoms with van der Waals surface area (Å²) < 4.78 is 27.9. The lowest BCUT2D eigenvalue weighted by Gasteiger charge is -2.07. The Hall–Kier alpha value is -3.40. The second-order valence-corrected chi connectivity index (χ2v) is 6.62. The first-order valence-corrected chi connectivity index (χ1v) is 9.38. The van der Waals surface area contributed by atoms with Crippen molar-refractivity contribution in [3.63, 3.8) is 0 Å². The number of allylic oxidation sites excluding steroid dienone is 1. The number of hydrogen-bond acceptors (Lipinski definition) is 2. The minimum Gasteiger partial charge on any atom is -0.294 e. The van der Waals surface area contributed by atoms with Gasteiger partial charge >= 0.3 is 0 Å². The van der Waals surface area contributed by atoms with Gasteiger partial charge in [-0.3, -0.25) is 9.79 Å². The van der Waals surface area contributed by atoms with Gasteiger partial charge in [-0.25, -0.2) is 8.78 Å². The van der Waals surface area contributed by atoms with Gasteiger partial charge < -0.3 is 0 Å². The molecule has 0 radical (unpaired) electrons. The van der Waals surface area contributed by atoms with E-state index >= 15 is 0 Å². The van der Waals surface area contributed by atoms with Crippen LogP contribution in [0.5, 0.6) is 0 Å². The van der Waals surface area contributed by atoms with Crippen LogP contribution in [-0.4, -0.2) is 11.5 Å². The van der Waals surface area contributed by atoms with E-state index in [1.54, 1.807) is 72.8 Å². The van der Waals surface area contributed by atoms with Crippen molar-refractivity contribution in [3.8, 4) is 0 Å². The van der Waals surface area contributed by atoms with E-state index < -0.39 is 0 Å². The van der Waals surface area contributed by atoms with Crippen LogP contribution in [0, 0.1) is 11.6 Å². The van der Waals surface area contributed by atoms with E-state index in [0.29, 0.717) is 40.9 Å². The molecule has 0 aliphatic carbocycles. The maximum absolute atomic E-state index is 14.0. The minimum absolute atomic E-state index is 0.0871. The summed E-state index contributed by atoms with van der Waals surface area (Å²) in [4.78, 5) is 16.5. The molecule has 3 rings (SSSR count). The lowest BCUT2D eigenvalue weighted by atomic mass is 10.0. The second-order valence-electron chi connectivity index (χ2n) is 6.62. The first-order valence-electron chi connectivity index (χ1n) is 9.38. The van der Waals surface area contributed by atoms with Crippen LogP contribution in [0.15, 0.2) is 83.9 Å². The van der Waals surface area contributed by atoms with Gasteiger partial charge in [0, 0.05) is 16.8 Å². The van der Waals surface area contributed by atoms with Gasteiger partial charge in [-0.2, -0.15) is 0 Å². The third-order valence-electron chi connectivity index (χ3n) is 4.52. The average Bonchev–Trinajstić information content (AvgIpc) is 2.72. The second kappa shape index (κ2) is 9.69. The van der Waals surface area contributed by atoms with Crippen molar-refractivity contribution in [1.82, 2.24) is 0 Å². The number of carbonyl (C=O) groups is 1. The van der Waals surface area contributed by atoms with Crippen molar-refractivity contribution in [2.75, 3.05) is 0 Å². The quantitative estimate of drug-likeness (QED) is 0.331. The van der Waals surface area contributed by atoms with Crippen LogP contribution < -0.4 is 0 Å². The number of carbonyl (C=O) groups excluding carboxylic acids is 1. The van der Waals surface area contributed by atoms with Crippen LogP contribution in [0.1, 0.15) is 34.8 Å². The van der Waals surface area contributed by atoms with Crippen LogP contribution in [-0.2, 0) is 6.42 Å². The highest BCUT2D eigenvalue weighted by atomic mass is 19.1. The predicted molar refractivity (Wildman–Crippen MR) is 114 cm³/mol. The first kappa shape index (κ1) is 20.3. The Morgan fingerprint density at radius 2 is 1.55 bits per heavy atom. The fourth-order valence-electron chi connectivity index (χ4n) is 2.96. The molecule has 146 valence electrons. The highest BCUT2D eigenvalue weighted by molar-refractivity contribution is 6.03. The SMILES string of the molecule is CC(=O)c1ccccc1N=C(/C=C\c1ccccc1F)CCc1ccccc1F. The van der Waals surface area contributed by atoms with E-state index in [-0.39, 0.29) is 17.4 Å². The van der Waals surface area contributed by atoms with Crippen LogP contribution >= 0.6 is 0 Å². The molecule has 4 heteroatoms. The molecule has 2 nitrogen and oxygen atoms in total. The molecule has 0 saturated heterocycles. The zero-order valence-electron chi connectivity index (χ0n) is 16.1. The zero-order chi connectivity index (χ0) is 20.6. The monoisotopic (exact) mass is 389 g/mol. The van der Waals surface area contributed by atoms with Crippen LogP contribution in [0.3, 0.4) is 0 Å². The molecule has 3 aromatic rings. The number of aliphatic imine (C=N–C) groups is 1. The van der Waals surface area contributed by atoms with Gasteiger partial charge in [-0.05, 0) is 55.7 Å². The molecule has 0 amide bonds. The van der Waals surface area contributed by atoms with Crippen LogP contribution in [0.25, 0.3) is 6.08 Å². The lowest BCUT2D eigenvalue weighted by Crippen LogP contribution is -2.00. The van der Waals surface area contributed by atoms with Gasteiger partial charge in [0.15, 0.2) is 5.78 Å². The fourth-order valence-corrected chi connectivity index (χ4v) is 2.96. The number of benzene rings is 3. The van der Waals surface area contributed by atoms with Gasteiger partial charge in [-0.1, -0.05) is 54.6 Å². The molecule has 3 aromatic carbocycles. The molecular weight excluding hydrogens is 368 g/mol. The molecule has 0 N–H and O–H groups in total. The molecule has 0 saturated carbocycles. The van der Waals surface area contributed by atoms with E-state index in [0.717, 1.165) is 0 Å². The Morgan fingerprint density at radius 1 is 0.897 bits per heavy atom. The smallest absolute Gasteiger partial charge is 0.161 e. The molecule has 0 aliphatic rings. The summed E-state index contributed by atoms with van der Waals surface area (Å²) in [5.74, 6) is -0.689. The van der Waals surface area contributed by atoms with Crippen molar-refractivity contribution >= 4 is 23.3 Å². The normalized spacial score (nSPS) is 11.8. The van der Waals surface area contributed by atoms with Crippen molar-refractivity contribution in [2.24, 2.45) is 4.99 Å². The summed E-state index contributed by atoms with van der Waals surface area (Å²) >= 11 is 0. The summed E-state index contributed by atoms with van der Waals surface area (Å²) in [6.45, 7) is 1.49. The van der Waals surface area contributed by atoms with Crippen molar-refractivity contribution in [1.29, 1.82) is 0 Å². The van der Waals surface area contributed by atoms with Gasteiger partial charge in [0.2, 0.25) is 0 Å². The van der Waals surface area contributed by atoms with Crippen LogP contribution in [0.2, 0.25) is 0 Å². The maximum atomic E-state index is 14.0. The maximum Gasteiger partial charge on any atom is 0.161 e. The minimum atomic E-state index is -0.332. The third-order valence-corrected chi connectivity index (χ3v) is 4.52. The Balaban J connectivity index is 1.94. The largest absolute Gasteiger partial charge is 0.294 e. The van der Waals surface area contributed by atoms with Crippen molar-refractivity contribution in [2.45, 2.75) is 19.8 Å². The Labute approximate surface area is 169 Å². The third kappa shape index (κ3) is 5.55. The van der Waals surface area contributed by atoms with Gasteiger partial charge in [0.1, 0.15) is 11.6 Å². The zero-order valence-corrected chi connectivity index (χ0v) is 16.1. The van der Waals surface area contributed by atoms with Crippen molar-refractivity contribution in [3.05, 3.63) is 107 Å². The molecular formula is C25H21F2NO. The van der Waals surface area contributed by atoms with E-state index in [1.165, 1.54) is 19.1 Å². The molecule has 0 aliphatic heterocycles. The summed E-state index contributed by atoms with van der Waals surface area (Å²) in [5.41, 5.74) is 2.70. The molecule has 0 bridgehead atoms. The highest BCUT2D eigenvalue weighted by Gasteiger charge is 2.08. The lowest BCUT2D eigenvalue weighted by molar-refractivity contribution is 0.101. The molecule has 0 spiro atoms. The Kier molecular flexibility index (Phi) is 6.80. The number of halogens is 2. The number of aryl methyl sites for hydroxylation is 1. The Morgan fingerprint density at radius 3 is 2.28 bits per heavy atom. The topological polar surface area (TPSA) is 29.4 Å². The summed E-state index contributed by atoms with van der Waals surface area (Å²) in [5, 5.41) is 0. The predicted octanol–water partition coefficient (Wildman–Crippen LogP) is 6.59. The highest BCUT2D eigenvalue weighted by Crippen LogP contribution is 2.21. The van der Waals surface area contributed by atoms with Gasteiger partial charge in [0.25, 0.3) is 0 Å². The number of rotatable bonds is 7. The summed E-state index contributed by atoms with van der Waals surface area (Å²) in [7, 11) is 0. The number of para-hydroxylation sites is 1. The number of Topliss-reactive ketones (excluding diaryl/α,β-unsaturated/α-hetero) is 1. The standard InChI is InChI=1S/C25H21F2NO/c1-18(29)22-10-4-7-13-25(22)28-21(16-14-19-8-2-5-11-23(19)26)17-15-20-9-3-6-12-24(20)27/h2-14,16H,15,17H2,1H3/b16-14-,28-21?. The van der Waals surface area contributed by atoms with Crippen LogP contribution in [0.4, 0.5) is 14.5 Å². The van der Waals surface area contributed by atoms with E-state index in [2.05, 4.69) is 4.99 Å². The molecule has 0 heterocycles. The molecule has 29 heavy (non-hydrogen) atoms. The number of nitrogens with zero attached hydrogens (tertiary/aromatic N) is 1. The Bertz CT molecular complexity index is 1070. The molecule has 0 unspecified atom stereocenters. The first-order chi connectivity index (χ1) is 14.0.